The number of carbonyl (C=O) groups excluding carboxylic acids is 1. The summed E-state index contributed by atoms with van der Waals surface area (Å²) < 4.78 is 5.92. The van der Waals surface area contributed by atoms with Crippen molar-refractivity contribution in [1.82, 2.24) is 5.32 Å². The lowest BCUT2D eigenvalue weighted by Crippen LogP contribution is -2.31. The first-order valence-corrected chi connectivity index (χ1v) is 8.55. The van der Waals surface area contributed by atoms with Gasteiger partial charge in [-0.1, -0.05) is 42.8 Å². The fourth-order valence-electron chi connectivity index (χ4n) is 3.19. The Morgan fingerprint density at radius 3 is 2.58 bits per heavy atom. The van der Waals surface area contributed by atoms with E-state index in [2.05, 4.69) is 5.32 Å². The van der Waals surface area contributed by atoms with Crippen molar-refractivity contribution in [2.24, 2.45) is 11.7 Å². The average Bonchev–Trinajstić information content (AvgIpc) is 3.00. The Morgan fingerprint density at radius 1 is 1.08 bits per heavy atom. The van der Waals surface area contributed by atoms with Gasteiger partial charge in [-0.15, -0.1) is 0 Å². The third-order valence-corrected chi connectivity index (χ3v) is 4.59. The highest BCUT2D eigenvalue weighted by atomic mass is 16.5. The molecule has 126 valence electrons. The number of hydrogen-bond acceptors (Lipinski definition) is 3. The van der Waals surface area contributed by atoms with Crippen molar-refractivity contribution in [3.8, 4) is 11.5 Å². The van der Waals surface area contributed by atoms with Gasteiger partial charge in [0.2, 0.25) is 5.91 Å². The van der Waals surface area contributed by atoms with E-state index in [1.165, 1.54) is 0 Å². The van der Waals surface area contributed by atoms with Gasteiger partial charge in [0, 0.05) is 24.6 Å². The zero-order chi connectivity index (χ0) is 16.8. The van der Waals surface area contributed by atoms with Crippen LogP contribution in [0, 0.1) is 5.92 Å². The molecule has 1 fully saturated rings. The first kappa shape index (κ1) is 16.5. The molecule has 0 aromatic heterocycles. The predicted octanol–water partition coefficient (Wildman–Crippen LogP) is 3.61. The minimum atomic E-state index is 0.0619. The zero-order valence-corrected chi connectivity index (χ0v) is 13.8. The van der Waals surface area contributed by atoms with Crippen molar-refractivity contribution < 1.29 is 9.53 Å². The minimum absolute atomic E-state index is 0.0619. The number of ether oxygens (including phenoxy) is 1. The Balaban J connectivity index is 1.58. The largest absolute Gasteiger partial charge is 0.457 e. The van der Waals surface area contributed by atoms with Gasteiger partial charge in [-0.05, 0) is 37.0 Å². The van der Waals surface area contributed by atoms with Crippen molar-refractivity contribution in [2.75, 3.05) is 0 Å². The molecule has 0 saturated heterocycles. The highest BCUT2D eigenvalue weighted by molar-refractivity contribution is 5.76. The average molecular weight is 324 g/mol. The maximum atomic E-state index is 12.2. The van der Waals surface area contributed by atoms with Crippen LogP contribution in [0.2, 0.25) is 0 Å². The molecule has 2 aromatic rings. The van der Waals surface area contributed by atoms with E-state index in [0.717, 1.165) is 36.3 Å². The summed E-state index contributed by atoms with van der Waals surface area (Å²) in [6.45, 7) is 0.462. The van der Waals surface area contributed by atoms with Gasteiger partial charge in [-0.25, -0.2) is 0 Å². The Morgan fingerprint density at radius 2 is 1.83 bits per heavy atom. The smallest absolute Gasteiger partial charge is 0.220 e. The second kappa shape index (κ2) is 7.97. The zero-order valence-electron chi connectivity index (χ0n) is 13.8. The third kappa shape index (κ3) is 4.36. The van der Waals surface area contributed by atoms with Crippen LogP contribution in [0.3, 0.4) is 0 Å². The summed E-state index contributed by atoms with van der Waals surface area (Å²) >= 11 is 0. The molecule has 4 nitrogen and oxygen atoms in total. The summed E-state index contributed by atoms with van der Waals surface area (Å²) in [5.41, 5.74) is 7.01. The highest BCUT2D eigenvalue weighted by Gasteiger charge is 2.25. The van der Waals surface area contributed by atoms with Gasteiger partial charge in [-0.2, -0.15) is 0 Å². The van der Waals surface area contributed by atoms with Crippen molar-refractivity contribution >= 4 is 5.91 Å². The lowest BCUT2D eigenvalue weighted by molar-refractivity contribution is -0.122. The number of amides is 1. The molecule has 24 heavy (non-hydrogen) atoms. The molecule has 1 aliphatic carbocycles. The van der Waals surface area contributed by atoms with Crippen LogP contribution in [0.25, 0.3) is 0 Å². The molecule has 0 radical (unpaired) electrons. The Bertz CT molecular complexity index is 672. The molecule has 2 atom stereocenters. The van der Waals surface area contributed by atoms with Crippen LogP contribution in [0.15, 0.2) is 54.6 Å². The van der Waals surface area contributed by atoms with E-state index in [1.807, 2.05) is 54.6 Å². The highest BCUT2D eigenvalue weighted by Crippen LogP contribution is 2.27. The van der Waals surface area contributed by atoms with Gasteiger partial charge >= 0.3 is 0 Å². The van der Waals surface area contributed by atoms with E-state index in [9.17, 15) is 4.79 Å². The van der Waals surface area contributed by atoms with E-state index in [1.54, 1.807) is 0 Å². The van der Waals surface area contributed by atoms with E-state index < -0.39 is 0 Å². The monoisotopic (exact) mass is 324 g/mol. The summed E-state index contributed by atoms with van der Waals surface area (Å²) in [5, 5.41) is 3.00. The number of rotatable bonds is 6. The number of carbonyl (C=O) groups is 1. The van der Waals surface area contributed by atoms with Crippen molar-refractivity contribution in [3.63, 3.8) is 0 Å². The summed E-state index contributed by atoms with van der Waals surface area (Å²) in [6, 6.07) is 17.6. The third-order valence-electron chi connectivity index (χ3n) is 4.59. The molecule has 0 aliphatic heterocycles. The van der Waals surface area contributed by atoms with Crippen LogP contribution in [0.5, 0.6) is 11.5 Å². The van der Waals surface area contributed by atoms with Crippen LogP contribution in [0.4, 0.5) is 0 Å². The molecule has 1 saturated carbocycles. The van der Waals surface area contributed by atoms with Gasteiger partial charge in [0.15, 0.2) is 0 Å². The summed E-state index contributed by atoms with van der Waals surface area (Å²) in [7, 11) is 0. The Kier molecular flexibility index (Phi) is 5.49. The molecule has 1 amide bonds. The quantitative estimate of drug-likeness (QED) is 0.853. The fraction of sp³-hybridized carbons (Fsp3) is 0.350. The molecule has 0 spiro atoms. The normalized spacial score (nSPS) is 19.9. The number of para-hydroxylation sites is 2. The standard InChI is InChI=1S/C20H24N2O2/c21-18-11-6-8-15(18)13-20(23)22-14-16-7-4-5-12-19(16)24-17-9-2-1-3-10-17/h1-5,7,9-10,12,15,18H,6,8,11,13-14,21H2,(H,22,23)/t15-,18+/m0/s1. The van der Waals surface area contributed by atoms with Crippen LogP contribution < -0.4 is 15.8 Å². The second-order valence-corrected chi connectivity index (χ2v) is 6.36. The van der Waals surface area contributed by atoms with Crippen LogP contribution in [-0.4, -0.2) is 11.9 Å². The van der Waals surface area contributed by atoms with Gasteiger partial charge < -0.3 is 15.8 Å². The second-order valence-electron chi connectivity index (χ2n) is 6.36. The molecular weight excluding hydrogens is 300 g/mol. The molecule has 3 N–H and O–H groups in total. The maximum absolute atomic E-state index is 12.2. The molecule has 0 heterocycles. The Labute approximate surface area is 143 Å². The lowest BCUT2D eigenvalue weighted by atomic mass is 10.00. The number of nitrogens with one attached hydrogen (secondary N) is 1. The van der Waals surface area contributed by atoms with Crippen LogP contribution in [0.1, 0.15) is 31.2 Å². The summed E-state index contributed by atoms with van der Waals surface area (Å²) in [6.07, 6.45) is 3.74. The topological polar surface area (TPSA) is 64.4 Å². The van der Waals surface area contributed by atoms with Crippen molar-refractivity contribution in [2.45, 2.75) is 38.3 Å². The van der Waals surface area contributed by atoms with Crippen molar-refractivity contribution in [1.29, 1.82) is 0 Å². The van der Waals surface area contributed by atoms with Crippen LogP contribution in [-0.2, 0) is 11.3 Å². The van der Waals surface area contributed by atoms with E-state index in [0.29, 0.717) is 18.9 Å². The van der Waals surface area contributed by atoms with Gasteiger partial charge in [0.25, 0.3) is 0 Å². The summed E-state index contributed by atoms with van der Waals surface area (Å²) in [4.78, 5) is 12.2. The molecule has 3 rings (SSSR count). The van der Waals surface area contributed by atoms with Gasteiger partial charge in [-0.3, -0.25) is 4.79 Å². The Hall–Kier alpha value is -2.33. The predicted molar refractivity (Wildman–Crippen MR) is 94.7 cm³/mol. The SMILES string of the molecule is N[C@@H]1CCC[C@H]1CC(=O)NCc1ccccc1Oc1ccccc1. The first-order chi connectivity index (χ1) is 11.7. The molecule has 2 aromatic carbocycles. The number of benzene rings is 2. The van der Waals surface area contributed by atoms with Crippen LogP contribution >= 0.6 is 0 Å². The van der Waals surface area contributed by atoms with E-state index in [4.69, 9.17) is 10.5 Å². The molecule has 1 aliphatic rings. The lowest BCUT2D eigenvalue weighted by Gasteiger charge is -2.16. The molecule has 4 heteroatoms. The van der Waals surface area contributed by atoms with E-state index >= 15 is 0 Å². The molecular formula is C20H24N2O2. The fourth-order valence-corrected chi connectivity index (χ4v) is 3.19. The maximum Gasteiger partial charge on any atom is 0.220 e. The van der Waals surface area contributed by atoms with Crippen molar-refractivity contribution in [3.05, 3.63) is 60.2 Å². The molecule has 0 unspecified atom stereocenters. The summed E-state index contributed by atoms with van der Waals surface area (Å²) in [5.74, 6) is 1.93. The first-order valence-electron chi connectivity index (χ1n) is 8.55. The van der Waals surface area contributed by atoms with Gasteiger partial charge in [0.1, 0.15) is 11.5 Å². The van der Waals surface area contributed by atoms with Gasteiger partial charge in [0.05, 0.1) is 0 Å². The number of nitrogens with two attached hydrogens (primary N) is 1. The molecule has 0 bridgehead atoms. The number of hydrogen-bond donors (Lipinski definition) is 2. The minimum Gasteiger partial charge on any atom is -0.457 e. The van der Waals surface area contributed by atoms with E-state index in [-0.39, 0.29) is 11.9 Å².